The molecule has 0 bridgehead atoms. The fourth-order valence-electron chi connectivity index (χ4n) is 5.34. The third kappa shape index (κ3) is 3.82. The van der Waals surface area contributed by atoms with E-state index in [0.29, 0.717) is 29.4 Å². The number of hydrogen-bond acceptors (Lipinski definition) is 10. The van der Waals surface area contributed by atoms with Gasteiger partial charge in [0, 0.05) is 35.6 Å². The molecular formula is C31H25N3O7. The molecule has 4 aromatic rings. The summed E-state index contributed by atoms with van der Waals surface area (Å²) < 4.78 is 11.6. The molecule has 2 aliphatic rings. The quantitative estimate of drug-likeness (QED) is 0.183. The minimum atomic E-state index is -1.57. The van der Waals surface area contributed by atoms with Crippen LogP contribution in [0.1, 0.15) is 47.8 Å². The van der Waals surface area contributed by atoms with Gasteiger partial charge in [0.2, 0.25) is 5.89 Å². The molecule has 0 unspecified atom stereocenters. The molecule has 0 amide bonds. The Morgan fingerprint density at radius 2 is 1.80 bits per heavy atom. The van der Waals surface area contributed by atoms with Crippen molar-refractivity contribution in [2.75, 3.05) is 0 Å². The first-order valence-corrected chi connectivity index (χ1v) is 12.9. The summed E-state index contributed by atoms with van der Waals surface area (Å²) in [7, 11) is 0. The number of pyridine rings is 1. The average Bonchev–Trinajstić information content (AvgIpc) is 3.50. The van der Waals surface area contributed by atoms with Gasteiger partial charge >= 0.3 is 0 Å². The molecule has 10 nitrogen and oxygen atoms in total. The number of phenols is 2. The fourth-order valence-corrected chi connectivity index (χ4v) is 5.34. The summed E-state index contributed by atoms with van der Waals surface area (Å²) in [5.41, 5.74) is 1.42. The third-order valence-corrected chi connectivity index (χ3v) is 7.68. The highest BCUT2D eigenvalue weighted by Crippen LogP contribution is 2.57. The predicted molar refractivity (Wildman–Crippen MR) is 147 cm³/mol. The van der Waals surface area contributed by atoms with E-state index in [1.807, 2.05) is 24.3 Å². The Morgan fingerprint density at radius 3 is 2.49 bits per heavy atom. The standard InChI is InChI=1S/C31H25N3O7/c1-14-25(37)23(16(3)35)27-24(26(14)38)31(4)21(41-27)12-19(36)22(28(31)39)15(2)33-13-17-7-9-18(10-8-17)30-34-29-20(40-30)6-5-11-32-29/h5-12,33,37-38H,13H2,1-4H3/b22-15+/t31-/m0/s1. The van der Waals surface area contributed by atoms with Crippen LogP contribution in [-0.2, 0) is 21.5 Å². The molecule has 3 N–H and O–H groups in total. The molecule has 1 aliphatic carbocycles. The first-order valence-electron chi connectivity index (χ1n) is 12.9. The van der Waals surface area contributed by atoms with E-state index in [4.69, 9.17) is 9.15 Å². The first kappa shape index (κ1) is 26.0. The van der Waals surface area contributed by atoms with Crippen molar-refractivity contribution in [2.24, 2.45) is 0 Å². The highest BCUT2D eigenvalue weighted by molar-refractivity contribution is 6.31. The van der Waals surface area contributed by atoms with Crippen LogP contribution in [0.15, 0.2) is 70.1 Å². The number of aromatic nitrogens is 2. The van der Waals surface area contributed by atoms with Crippen molar-refractivity contribution < 1.29 is 33.8 Å². The van der Waals surface area contributed by atoms with Gasteiger partial charge in [0.05, 0.1) is 11.1 Å². The van der Waals surface area contributed by atoms with Crippen LogP contribution in [0.4, 0.5) is 0 Å². The number of carbonyl (C=O) groups excluding carboxylic acids is 3. The van der Waals surface area contributed by atoms with Gasteiger partial charge in [-0.1, -0.05) is 12.1 Å². The molecule has 206 valence electrons. The number of nitrogens with zero attached hydrogens (tertiary/aromatic N) is 2. The molecule has 3 heterocycles. The number of hydrogen-bond donors (Lipinski definition) is 3. The Labute approximate surface area is 234 Å². The van der Waals surface area contributed by atoms with Crippen LogP contribution in [0.2, 0.25) is 0 Å². The number of ketones is 3. The molecule has 1 aliphatic heterocycles. The van der Waals surface area contributed by atoms with Crippen molar-refractivity contribution in [2.45, 2.75) is 39.7 Å². The SMILES string of the molecule is CC(=O)c1c(O)c(C)c(O)c2c1OC1=CC(=O)/C(=C(/C)NCc3ccc(-c4nc5ncccc5o4)cc3)C(=O)[C@@]12C. The molecule has 2 aromatic carbocycles. The Morgan fingerprint density at radius 1 is 1.07 bits per heavy atom. The van der Waals surface area contributed by atoms with Gasteiger partial charge in [0.1, 0.15) is 34.0 Å². The maximum absolute atomic E-state index is 13.9. The van der Waals surface area contributed by atoms with E-state index in [-0.39, 0.29) is 39.5 Å². The molecular weight excluding hydrogens is 526 g/mol. The minimum Gasteiger partial charge on any atom is -0.507 e. The number of oxazole rings is 1. The van der Waals surface area contributed by atoms with E-state index < -0.39 is 28.5 Å². The lowest BCUT2D eigenvalue weighted by Gasteiger charge is -2.29. The van der Waals surface area contributed by atoms with E-state index >= 15 is 0 Å². The van der Waals surface area contributed by atoms with E-state index in [1.165, 1.54) is 26.8 Å². The van der Waals surface area contributed by atoms with Gasteiger partial charge in [-0.25, -0.2) is 4.98 Å². The second kappa shape index (κ2) is 9.16. The number of carbonyl (C=O) groups is 3. The van der Waals surface area contributed by atoms with Gasteiger partial charge in [0.25, 0.3) is 0 Å². The average molecular weight is 552 g/mol. The summed E-state index contributed by atoms with van der Waals surface area (Å²) in [6.07, 6.45) is 2.84. The van der Waals surface area contributed by atoms with Crippen LogP contribution in [0.25, 0.3) is 22.7 Å². The van der Waals surface area contributed by atoms with Crippen LogP contribution in [0.5, 0.6) is 17.2 Å². The highest BCUT2D eigenvalue weighted by atomic mass is 16.5. The van der Waals surface area contributed by atoms with E-state index in [9.17, 15) is 24.6 Å². The Bertz CT molecular complexity index is 1850. The highest BCUT2D eigenvalue weighted by Gasteiger charge is 2.56. The fraction of sp³-hybridized carbons (Fsp3) is 0.194. The number of Topliss-reactive ketones (excluding diaryl/α,β-unsaturated/α-hetero) is 2. The number of rotatable bonds is 5. The number of benzene rings is 2. The number of phenolic OH excluding ortho intramolecular Hbond substituents is 2. The summed E-state index contributed by atoms with van der Waals surface area (Å²) in [6.45, 7) is 6.17. The zero-order chi connectivity index (χ0) is 29.2. The van der Waals surface area contributed by atoms with Crippen molar-refractivity contribution in [3.05, 3.63) is 88.0 Å². The lowest BCUT2D eigenvalue weighted by Crippen LogP contribution is -2.41. The molecule has 1 atom stereocenters. The number of allylic oxidation sites excluding steroid dienone is 4. The molecule has 0 saturated carbocycles. The van der Waals surface area contributed by atoms with Crippen LogP contribution in [0.3, 0.4) is 0 Å². The Kier molecular flexibility index (Phi) is 5.81. The van der Waals surface area contributed by atoms with E-state index in [1.54, 1.807) is 25.3 Å². The van der Waals surface area contributed by atoms with Crippen LogP contribution in [-0.4, -0.2) is 37.5 Å². The van der Waals surface area contributed by atoms with Crippen LogP contribution < -0.4 is 10.1 Å². The second-order valence-electron chi connectivity index (χ2n) is 10.3. The maximum atomic E-state index is 13.9. The first-order chi connectivity index (χ1) is 19.5. The Hall–Kier alpha value is -5.25. The zero-order valence-electron chi connectivity index (χ0n) is 22.7. The van der Waals surface area contributed by atoms with Gasteiger partial charge in [-0.05, 0) is 57.5 Å². The molecule has 0 radical (unpaired) electrons. The van der Waals surface area contributed by atoms with Crippen LogP contribution >= 0.6 is 0 Å². The molecule has 2 aromatic heterocycles. The van der Waals surface area contributed by atoms with E-state index in [0.717, 1.165) is 11.1 Å². The normalized spacial score (nSPS) is 19.0. The molecule has 41 heavy (non-hydrogen) atoms. The molecule has 0 fully saturated rings. The minimum absolute atomic E-state index is 0.00756. The summed E-state index contributed by atoms with van der Waals surface area (Å²) in [5, 5.41) is 24.6. The topological polar surface area (TPSA) is 152 Å². The summed E-state index contributed by atoms with van der Waals surface area (Å²) in [5.74, 6) is -2.12. The summed E-state index contributed by atoms with van der Waals surface area (Å²) >= 11 is 0. The number of nitrogens with one attached hydrogen (secondary N) is 1. The molecule has 6 rings (SSSR count). The summed E-state index contributed by atoms with van der Waals surface area (Å²) in [6, 6.07) is 11.0. The van der Waals surface area contributed by atoms with Gasteiger partial charge in [0.15, 0.2) is 28.6 Å². The van der Waals surface area contributed by atoms with Gasteiger partial charge in [-0.3, -0.25) is 14.4 Å². The maximum Gasteiger partial charge on any atom is 0.228 e. The van der Waals surface area contributed by atoms with Gasteiger partial charge < -0.3 is 24.7 Å². The lowest BCUT2D eigenvalue weighted by atomic mass is 9.70. The van der Waals surface area contributed by atoms with Crippen molar-refractivity contribution in [3.63, 3.8) is 0 Å². The lowest BCUT2D eigenvalue weighted by molar-refractivity contribution is -0.123. The predicted octanol–water partition coefficient (Wildman–Crippen LogP) is 4.56. The Balaban J connectivity index is 1.29. The largest absolute Gasteiger partial charge is 0.507 e. The van der Waals surface area contributed by atoms with Crippen molar-refractivity contribution >= 4 is 28.6 Å². The zero-order valence-corrected chi connectivity index (χ0v) is 22.7. The third-order valence-electron chi connectivity index (χ3n) is 7.68. The molecule has 0 spiro atoms. The van der Waals surface area contributed by atoms with Gasteiger partial charge in [-0.15, -0.1) is 0 Å². The summed E-state index contributed by atoms with van der Waals surface area (Å²) in [4.78, 5) is 48.0. The molecule has 10 heteroatoms. The number of aromatic hydroxyl groups is 2. The second-order valence-corrected chi connectivity index (χ2v) is 10.3. The van der Waals surface area contributed by atoms with Crippen molar-refractivity contribution in [1.29, 1.82) is 0 Å². The van der Waals surface area contributed by atoms with Crippen molar-refractivity contribution in [3.8, 4) is 28.7 Å². The van der Waals surface area contributed by atoms with Crippen LogP contribution in [0, 0.1) is 6.92 Å². The number of ether oxygens (including phenoxy) is 1. The van der Waals surface area contributed by atoms with Crippen molar-refractivity contribution in [1.82, 2.24) is 15.3 Å². The van der Waals surface area contributed by atoms with E-state index in [2.05, 4.69) is 15.3 Å². The number of fused-ring (bicyclic) bond motifs is 4. The monoisotopic (exact) mass is 551 g/mol. The molecule has 0 saturated heterocycles. The van der Waals surface area contributed by atoms with Gasteiger partial charge in [-0.2, -0.15) is 4.98 Å². The smallest absolute Gasteiger partial charge is 0.228 e.